The van der Waals surface area contributed by atoms with E-state index in [4.69, 9.17) is 4.42 Å². The topological polar surface area (TPSA) is 54.5 Å². The van der Waals surface area contributed by atoms with E-state index in [1.54, 1.807) is 7.05 Å². The summed E-state index contributed by atoms with van der Waals surface area (Å²) in [5.74, 6) is -0.364. The monoisotopic (exact) mass is 338 g/mol. The fourth-order valence-corrected chi connectivity index (χ4v) is 3.35. The van der Waals surface area contributed by atoms with E-state index in [1.807, 2.05) is 12.3 Å². The predicted octanol–water partition coefficient (Wildman–Crippen LogP) is 1.89. The lowest BCUT2D eigenvalue weighted by atomic mass is 10.2. The number of fused-ring (bicyclic) bond motifs is 1. The van der Waals surface area contributed by atoms with Gasteiger partial charge in [-0.3, -0.25) is 9.47 Å². The van der Waals surface area contributed by atoms with Crippen molar-refractivity contribution in [2.75, 3.05) is 37.6 Å². The van der Waals surface area contributed by atoms with Crippen LogP contribution in [0.25, 0.3) is 11.2 Å². The molecule has 0 amide bonds. The van der Waals surface area contributed by atoms with Crippen molar-refractivity contribution in [3.05, 3.63) is 58.7 Å². The Kier molecular flexibility index (Phi) is 4.28. The number of para-hydroxylation sites is 1. The molecule has 0 saturated carbocycles. The molecule has 1 saturated heterocycles. The smallest absolute Gasteiger partial charge is 0.406 e. The van der Waals surface area contributed by atoms with Crippen LogP contribution in [0.3, 0.4) is 0 Å². The van der Waals surface area contributed by atoms with Crippen molar-refractivity contribution >= 4 is 16.9 Å². The van der Waals surface area contributed by atoms with Gasteiger partial charge in [0.2, 0.25) is 0 Å². The molecule has 6 heteroatoms. The van der Waals surface area contributed by atoms with Crippen LogP contribution in [0.1, 0.15) is 5.56 Å². The van der Waals surface area contributed by atoms with Gasteiger partial charge in [-0.2, -0.15) is 0 Å². The Morgan fingerprint density at radius 2 is 1.88 bits per heavy atom. The largest absolute Gasteiger partial charge is 0.420 e. The second kappa shape index (κ2) is 6.72. The van der Waals surface area contributed by atoms with E-state index in [0.717, 1.165) is 44.7 Å². The van der Waals surface area contributed by atoms with E-state index >= 15 is 0 Å². The SMILES string of the molecule is Cn1c(=O)oc2cc(CCN3CCN(c4ccccc4)CC3)cnc21. The molecule has 3 heterocycles. The van der Waals surface area contributed by atoms with Crippen molar-refractivity contribution in [3.8, 4) is 0 Å². The predicted molar refractivity (Wildman–Crippen MR) is 98.0 cm³/mol. The van der Waals surface area contributed by atoms with Crippen LogP contribution < -0.4 is 10.7 Å². The molecular weight excluding hydrogens is 316 g/mol. The number of benzene rings is 1. The highest BCUT2D eigenvalue weighted by molar-refractivity contribution is 5.68. The Hall–Kier alpha value is -2.60. The molecule has 4 rings (SSSR count). The fraction of sp³-hybridized carbons (Fsp3) is 0.368. The van der Waals surface area contributed by atoms with Gasteiger partial charge in [0.25, 0.3) is 0 Å². The number of anilines is 1. The van der Waals surface area contributed by atoms with Crippen LogP contribution in [0, 0.1) is 0 Å². The highest BCUT2D eigenvalue weighted by Gasteiger charge is 2.17. The number of hydrogen-bond donors (Lipinski definition) is 0. The zero-order chi connectivity index (χ0) is 17.2. The van der Waals surface area contributed by atoms with Crippen molar-refractivity contribution in [3.63, 3.8) is 0 Å². The van der Waals surface area contributed by atoms with Gasteiger partial charge in [0.05, 0.1) is 0 Å². The van der Waals surface area contributed by atoms with Gasteiger partial charge < -0.3 is 9.32 Å². The standard InChI is InChI=1S/C19H22N4O2/c1-21-18-17(25-19(21)24)13-15(14-20-18)7-8-22-9-11-23(12-10-22)16-5-3-2-4-6-16/h2-6,13-14H,7-12H2,1H3. The molecule has 130 valence electrons. The first-order chi connectivity index (χ1) is 12.2. The van der Waals surface area contributed by atoms with E-state index < -0.39 is 0 Å². The number of aromatic nitrogens is 2. The molecule has 0 bridgehead atoms. The van der Waals surface area contributed by atoms with Crippen LogP contribution in [0.4, 0.5) is 5.69 Å². The molecular formula is C19H22N4O2. The summed E-state index contributed by atoms with van der Waals surface area (Å²) < 4.78 is 6.65. The molecule has 1 aliphatic rings. The third-order valence-electron chi connectivity index (χ3n) is 4.89. The molecule has 1 aliphatic heterocycles. The molecule has 3 aromatic rings. The van der Waals surface area contributed by atoms with Gasteiger partial charge in [-0.05, 0) is 30.2 Å². The van der Waals surface area contributed by atoms with Gasteiger partial charge in [0, 0.05) is 51.7 Å². The van der Waals surface area contributed by atoms with Crippen LogP contribution in [-0.4, -0.2) is 47.2 Å². The molecule has 1 fully saturated rings. The Bertz CT molecular complexity index is 908. The normalized spacial score (nSPS) is 15.8. The zero-order valence-corrected chi connectivity index (χ0v) is 14.4. The summed E-state index contributed by atoms with van der Waals surface area (Å²) in [5.41, 5.74) is 3.58. The number of piperazine rings is 1. The van der Waals surface area contributed by atoms with Gasteiger partial charge in [0.15, 0.2) is 11.2 Å². The molecule has 1 aromatic carbocycles. The van der Waals surface area contributed by atoms with Gasteiger partial charge in [-0.1, -0.05) is 18.2 Å². The van der Waals surface area contributed by atoms with Crippen molar-refractivity contribution in [2.45, 2.75) is 6.42 Å². The Labute approximate surface area is 146 Å². The van der Waals surface area contributed by atoms with Crippen molar-refractivity contribution < 1.29 is 4.42 Å². The summed E-state index contributed by atoms with van der Waals surface area (Å²) in [4.78, 5) is 20.8. The van der Waals surface area contributed by atoms with Gasteiger partial charge >= 0.3 is 5.76 Å². The van der Waals surface area contributed by atoms with Crippen LogP contribution in [0.5, 0.6) is 0 Å². The number of pyridine rings is 1. The average molecular weight is 338 g/mol. The molecule has 0 atom stereocenters. The second-order valence-electron chi connectivity index (χ2n) is 6.51. The summed E-state index contributed by atoms with van der Waals surface area (Å²) in [6.07, 6.45) is 2.75. The summed E-state index contributed by atoms with van der Waals surface area (Å²) in [7, 11) is 1.67. The third kappa shape index (κ3) is 3.30. The Morgan fingerprint density at radius 1 is 1.12 bits per heavy atom. The first-order valence-electron chi connectivity index (χ1n) is 8.67. The van der Waals surface area contributed by atoms with Crippen molar-refractivity contribution in [2.24, 2.45) is 7.05 Å². The highest BCUT2D eigenvalue weighted by atomic mass is 16.4. The lowest BCUT2D eigenvalue weighted by molar-refractivity contribution is 0.261. The molecule has 25 heavy (non-hydrogen) atoms. The first kappa shape index (κ1) is 15.9. The highest BCUT2D eigenvalue weighted by Crippen LogP contribution is 2.16. The number of oxazole rings is 1. The minimum atomic E-state index is -0.364. The molecule has 0 spiro atoms. The van der Waals surface area contributed by atoms with E-state index in [-0.39, 0.29) is 5.76 Å². The lowest BCUT2D eigenvalue weighted by Crippen LogP contribution is -2.46. The van der Waals surface area contributed by atoms with Crippen LogP contribution in [0.15, 0.2) is 51.8 Å². The van der Waals surface area contributed by atoms with E-state index in [1.165, 1.54) is 10.3 Å². The molecule has 0 unspecified atom stereocenters. The maximum absolute atomic E-state index is 11.5. The van der Waals surface area contributed by atoms with Crippen LogP contribution in [-0.2, 0) is 13.5 Å². The zero-order valence-electron chi connectivity index (χ0n) is 14.4. The summed E-state index contributed by atoms with van der Waals surface area (Å²) in [5, 5.41) is 0. The average Bonchev–Trinajstić information content (AvgIpc) is 2.95. The summed E-state index contributed by atoms with van der Waals surface area (Å²) in [6.45, 7) is 5.21. The number of rotatable bonds is 4. The maximum Gasteiger partial charge on any atom is 0.420 e. The summed E-state index contributed by atoms with van der Waals surface area (Å²) in [6, 6.07) is 12.5. The lowest BCUT2D eigenvalue weighted by Gasteiger charge is -2.36. The maximum atomic E-state index is 11.5. The number of hydrogen-bond acceptors (Lipinski definition) is 5. The van der Waals surface area contributed by atoms with Crippen molar-refractivity contribution in [1.29, 1.82) is 0 Å². The van der Waals surface area contributed by atoms with Gasteiger partial charge in [-0.15, -0.1) is 0 Å². The first-order valence-corrected chi connectivity index (χ1v) is 8.67. The molecule has 0 aliphatic carbocycles. The molecule has 0 radical (unpaired) electrons. The molecule has 2 aromatic heterocycles. The minimum absolute atomic E-state index is 0.364. The third-order valence-corrected chi connectivity index (χ3v) is 4.89. The van der Waals surface area contributed by atoms with E-state index in [2.05, 4.69) is 45.1 Å². The van der Waals surface area contributed by atoms with Crippen molar-refractivity contribution in [1.82, 2.24) is 14.5 Å². The minimum Gasteiger partial charge on any atom is -0.406 e. The molecule has 6 nitrogen and oxygen atoms in total. The Balaban J connectivity index is 1.34. The number of aryl methyl sites for hydroxylation is 1. The van der Waals surface area contributed by atoms with Crippen LogP contribution >= 0.6 is 0 Å². The summed E-state index contributed by atoms with van der Waals surface area (Å²) >= 11 is 0. The van der Waals surface area contributed by atoms with Crippen LogP contribution in [0.2, 0.25) is 0 Å². The fourth-order valence-electron chi connectivity index (χ4n) is 3.35. The second-order valence-corrected chi connectivity index (χ2v) is 6.51. The van der Waals surface area contributed by atoms with E-state index in [0.29, 0.717) is 11.2 Å². The van der Waals surface area contributed by atoms with Gasteiger partial charge in [0.1, 0.15) is 0 Å². The Morgan fingerprint density at radius 3 is 2.64 bits per heavy atom. The van der Waals surface area contributed by atoms with Gasteiger partial charge in [-0.25, -0.2) is 9.78 Å². The molecule has 0 N–H and O–H groups in total. The quantitative estimate of drug-likeness (QED) is 0.727. The van der Waals surface area contributed by atoms with E-state index in [9.17, 15) is 4.79 Å². The number of nitrogens with zero attached hydrogens (tertiary/aromatic N) is 4.